The van der Waals surface area contributed by atoms with E-state index in [1.165, 1.54) is 4.90 Å². The molecule has 1 aromatic rings. The maximum absolute atomic E-state index is 13.1. The van der Waals surface area contributed by atoms with E-state index in [0.29, 0.717) is 25.3 Å². The van der Waals surface area contributed by atoms with Crippen LogP contribution in [0.5, 0.6) is 0 Å². The minimum absolute atomic E-state index is 0.0922. The molecule has 0 radical (unpaired) electrons. The fourth-order valence-electron chi connectivity index (χ4n) is 3.12. The smallest absolute Gasteiger partial charge is 0.409 e. The largest absolute Gasteiger partial charge is 0.445 e. The van der Waals surface area contributed by atoms with Gasteiger partial charge in [0.05, 0.1) is 0 Å². The highest BCUT2D eigenvalue weighted by atomic mass is 19.1. The lowest BCUT2D eigenvalue weighted by Crippen LogP contribution is -2.40. The first-order valence-electron chi connectivity index (χ1n) is 8.36. The Balaban J connectivity index is 1.68. The molecular weight excluding hydrogens is 295 g/mol. The third-order valence-corrected chi connectivity index (χ3v) is 4.44. The number of amides is 1. The summed E-state index contributed by atoms with van der Waals surface area (Å²) >= 11 is 0. The number of ether oxygens (including phenoxy) is 1. The van der Waals surface area contributed by atoms with E-state index in [2.05, 4.69) is 0 Å². The topological polar surface area (TPSA) is 55.6 Å². The predicted octanol–water partition coefficient (Wildman–Crippen LogP) is 3.50. The summed E-state index contributed by atoms with van der Waals surface area (Å²) in [5, 5.41) is 0. The molecule has 4 nitrogen and oxygen atoms in total. The Hall–Kier alpha value is -1.62. The van der Waals surface area contributed by atoms with E-state index >= 15 is 0 Å². The van der Waals surface area contributed by atoms with Crippen LogP contribution in [0.15, 0.2) is 30.3 Å². The highest BCUT2D eigenvalue weighted by Crippen LogP contribution is 2.29. The Labute approximate surface area is 137 Å². The van der Waals surface area contributed by atoms with Gasteiger partial charge in [0, 0.05) is 19.6 Å². The van der Waals surface area contributed by atoms with Crippen LogP contribution in [0, 0.1) is 5.92 Å². The SMILES string of the molecule is CN(C[C@@H](N)CC1CCC(F)CC1)C(=O)OCc1ccccc1. The predicted molar refractivity (Wildman–Crippen MR) is 88.7 cm³/mol. The Morgan fingerprint density at radius 1 is 1.30 bits per heavy atom. The van der Waals surface area contributed by atoms with Crippen molar-refractivity contribution >= 4 is 6.09 Å². The zero-order valence-electron chi connectivity index (χ0n) is 13.8. The van der Waals surface area contributed by atoms with Gasteiger partial charge < -0.3 is 15.4 Å². The Bertz CT molecular complexity index is 475. The number of carbonyl (C=O) groups excluding carboxylic acids is 1. The van der Waals surface area contributed by atoms with Gasteiger partial charge in [-0.1, -0.05) is 30.3 Å². The van der Waals surface area contributed by atoms with Crippen LogP contribution in [-0.4, -0.2) is 36.8 Å². The fourth-order valence-corrected chi connectivity index (χ4v) is 3.12. The lowest BCUT2D eigenvalue weighted by Gasteiger charge is -2.28. The molecule has 1 aliphatic rings. The van der Waals surface area contributed by atoms with Crippen LogP contribution in [-0.2, 0) is 11.3 Å². The molecule has 2 rings (SSSR count). The highest BCUT2D eigenvalue weighted by molar-refractivity contribution is 5.67. The zero-order chi connectivity index (χ0) is 16.7. The molecule has 1 aliphatic carbocycles. The van der Waals surface area contributed by atoms with E-state index < -0.39 is 6.17 Å². The molecule has 1 amide bonds. The lowest BCUT2D eigenvalue weighted by molar-refractivity contribution is 0.101. The third kappa shape index (κ3) is 6.18. The van der Waals surface area contributed by atoms with Crippen molar-refractivity contribution in [2.75, 3.05) is 13.6 Å². The van der Waals surface area contributed by atoms with Gasteiger partial charge in [-0.15, -0.1) is 0 Å². The van der Waals surface area contributed by atoms with Crippen LogP contribution in [0.1, 0.15) is 37.7 Å². The number of benzene rings is 1. The second-order valence-electron chi connectivity index (χ2n) is 6.53. The molecular formula is C18H27FN2O2. The molecule has 5 heteroatoms. The first-order valence-corrected chi connectivity index (χ1v) is 8.36. The Morgan fingerprint density at radius 3 is 2.61 bits per heavy atom. The van der Waals surface area contributed by atoms with E-state index in [1.807, 2.05) is 30.3 Å². The van der Waals surface area contributed by atoms with Crippen LogP contribution in [0.2, 0.25) is 0 Å². The van der Waals surface area contributed by atoms with Gasteiger partial charge in [0.2, 0.25) is 0 Å². The molecule has 0 saturated heterocycles. The number of alkyl halides is 1. The maximum Gasteiger partial charge on any atom is 0.409 e. The molecule has 0 spiro atoms. The van der Waals surface area contributed by atoms with Crippen molar-refractivity contribution in [2.24, 2.45) is 11.7 Å². The second-order valence-corrected chi connectivity index (χ2v) is 6.53. The average molecular weight is 322 g/mol. The van der Waals surface area contributed by atoms with Crippen LogP contribution >= 0.6 is 0 Å². The van der Waals surface area contributed by atoms with Gasteiger partial charge >= 0.3 is 6.09 Å². The Morgan fingerprint density at radius 2 is 1.96 bits per heavy atom. The van der Waals surface area contributed by atoms with Crippen molar-refractivity contribution in [1.29, 1.82) is 0 Å². The zero-order valence-corrected chi connectivity index (χ0v) is 13.8. The molecule has 1 saturated carbocycles. The van der Waals surface area contributed by atoms with Crippen LogP contribution in [0.3, 0.4) is 0 Å². The van der Waals surface area contributed by atoms with Gasteiger partial charge in [0.1, 0.15) is 12.8 Å². The summed E-state index contributed by atoms with van der Waals surface area (Å²) in [5.74, 6) is 0.478. The van der Waals surface area contributed by atoms with Crippen LogP contribution < -0.4 is 5.73 Å². The minimum atomic E-state index is -0.641. The molecule has 128 valence electrons. The van der Waals surface area contributed by atoms with Gasteiger partial charge in [-0.3, -0.25) is 0 Å². The van der Waals surface area contributed by atoms with E-state index in [-0.39, 0.29) is 18.7 Å². The molecule has 2 N–H and O–H groups in total. The van der Waals surface area contributed by atoms with Crippen LogP contribution in [0.25, 0.3) is 0 Å². The molecule has 0 heterocycles. The number of hydrogen-bond donors (Lipinski definition) is 1. The summed E-state index contributed by atoms with van der Waals surface area (Å²) in [6.07, 6.45) is 2.92. The number of rotatable bonds is 6. The lowest BCUT2D eigenvalue weighted by atomic mass is 9.84. The highest BCUT2D eigenvalue weighted by Gasteiger charge is 2.23. The third-order valence-electron chi connectivity index (χ3n) is 4.44. The molecule has 1 aromatic carbocycles. The number of halogens is 1. The summed E-state index contributed by atoms with van der Waals surface area (Å²) < 4.78 is 18.4. The normalized spacial score (nSPS) is 22.4. The summed E-state index contributed by atoms with van der Waals surface area (Å²) in [6.45, 7) is 0.725. The molecule has 23 heavy (non-hydrogen) atoms. The molecule has 0 aliphatic heterocycles. The fraction of sp³-hybridized carbons (Fsp3) is 0.611. The van der Waals surface area contributed by atoms with E-state index in [0.717, 1.165) is 24.8 Å². The molecule has 1 atom stereocenters. The summed E-state index contributed by atoms with van der Waals surface area (Å²) in [4.78, 5) is 13.5. The quantitative estimate of drug-likeness (QED) is 0.872. The van der Waals surface area contributed by atoms with E-state index in [9.17, 15) is 9.18 Å². The minimum Gasteiger partial charge on any atom is -0.445 e. The second kappa shape index (κ2) is 8.87. The van der Waals surface area contributed by atoms with Crippen molar-refractivity contribution in [1.82, 2.24) is 4.90 Å². The standard InChI is InChI=1S/C18H27FN2O2/c1-21(18(22)23-13-15-5-3-2-4-6-15)12-17(20)11-14-7-9-16(19)10-8-14/h2-6,14,16-17H,7-13,20H2,1H3/t14?,16?,17-/m0/s1. The van der Waals surface area contributed by atoms with E-state index in [4.69, 9.17) is 10.5 Å². The monoisotopic (exact) mass is 322 g/mol. The van der Waals surface area contributed by atoms with Crippen molar-refractivity contribution in [3.05, 3.63) is 35.9 Å². The molecule has 0 aromatic heterocycles. The summed E-state index contributed by atoms with van der Waals surface area (Å²) in [5.41, 5.74) is 7.10. The van der Waals surface area contributed by atoms with Gasteiger partial charge in [0.15, 0.2) is 0 Å². The van der Waals surface area contributed by atoms with Gasteiger partial charge in [0.25, 0.3) is 0 Å². The van der Waals surface area contributed by atoms with Gasteiger partial charge in [-0.2, -0.15) is 0 Å². The molecule has 1 fully saturated rings. The van der Waals surface area contributed by atoms with Crippen molar-refractivity contribution < 1.29 is 13.9 Å². The Kier molecular flexibility index (Phi) is 6.84. The summed E-state index contributed by atoms with van der Waals surface area (Å²) in [7, 11) is 1.70. The van der Waals surface area contributed by atoms with Crippen molar-refractivity contribution in [3.63, 3.8) is 0 Å². The molecule has 0 unspecified atom stereocenters. The van der Waals surface area contributed by atoms with Crippen molar-refractivity contribution in [3.8, 4) is 0 Å². The van der Waals surface area contributed by atoms with E-state index in [1.54, 1.807) is 7.05 Å². The summed E-state index contributed by atoms with van der Waals surface area (Å²) in [6, 6.07) is 9.49. The number of nitrogens with two attached hydrogens (primary N) is 1. The maximum atomic E-state index is 13.1. The van der Waals surface area contributed by atoms with Gasteiger partial charge in [-0.05, 0) is 43.6 Å². The van der Waals surface area contributed by atoms with Gasteiger partial charge in [-0.25, -0.2) is 9.18 Å². The van der Waals surface area contributed by atoms with Crippen LogP contribution in [0.4, 0.5) is 9.18 Å². The van der Waals surface area contributed by atoms with Crippen molar-refractivity contribution in [2.45, 2.75) is 50.9 Å². The first-order chi connectivity index (χ1) is 11.0. The number of hydrogen-bond acceptors (Lipinski definition) is 3. The number of carbonyl (C=O) groups is 1. The molecule has 0 bridgehead atoms. The average Bonchev–Trinajstić information content (AvgIpc) is 2.55. The first kappa shape index (κ1) is 17.7. The number of likely N-dealkylation sites (N-methyl/N-ethyl adjacent to an activating group) is 1. The number of nitrogens with zero attached hydrogens (tertiary/aromatic N) is 1.